The van der Waals surface area contributed by atoms with Gasteiger partial charge in [-0.3, -0.25) is 9.78 Å². The number of carbonyl (C=O) groups is 1. The molecule has 3 heterocycles. The Labute approximate surface area is 175 Å². The zero-order valence-electron chi connectivity index (χ0n) is 17.1. The molecule has 8 nitrogen and oxygen atoms in total. The lowest BCUT2D eigenvalue weighted by Crippen LogP contribution is -2.35. The van der Waals surface area contributed by atoms with E-state index in [4.69, 9.17) is 4.74 Å². The van der Waals surface area contributed by atoms with Crippen LogP contribution in [0.2, 0.25) is 0 Å². The Hall–Kier alpha value is -3.55. The van der Waals surface area contributed by atoms with Crippen molar-refractivity contribution < 1.29 is 9.53 Å². The van der Waals surface area contributed by atoms with Crippen LogP contribution < -0.4 is 10.1 Å². The van der Waals surface area contributed by atoms with Gasteiger partial charge in [0.15, 0.2) is 12.4 Å². The molecule has 1 atom stereocenters. The average molecular weight is 404 g/mol. The van der Waals surface area contributed by atoms with Crippen molar-refractivity contribution in [2.45, 2.75) is 32.7 Å². The summed E-state index contributed by atoms with van der Waals surface area (Å²) in [6, 6.07) is 7.57. The van der Waals surface area contributed by atoms with Gasteiger partial charge in [-0.2, -0.15) is 0 Å². The van der Waals surface area contributed by atoms with Crippen molar-refractivity contribution in [3.63, 3.8) is 0 Å². The molecule has 1 aromatic carbocycles. The molecule has 30 heavy (non-hydrogen) atoms. The lowest BCUT2D eigenvalue weighted by Gasteiger charge is -2.24. The molecule has 1 aliphatic heterocycles. The van der Waals surface area contributed by atoms with E-state index >= 15 is 0 Å². The average Bonchev–Trinajstić information content (AvgIpc) is 3.24. The molecule has 1 fully saturated rings. The molecule has 2 aromatic heterocycles. The van der Waals surface area contributed by atoms with Crippen LogP contribution in [0.1, 0.15) is 35.7 Å². The van der Waals surface area contributed by atoms with E-state index in [1.165, 1.54) is 0 Å². The molecule has 0 saturated carbocycles. The van der Waals surface area contributed by atoms with Gasteiger partial charge >= 0.3 is 0 Å². The highest BCUT2D eigenvalue weighted by Gasteiger charge is 2.31. The molecule has 1 saturated heterocycles. The second-order valence-corrected chi connectivity index (χ2v) is 7.28. The summed E-state index contributed by atoms with van der Waals surface area (Å²) in [5, 5.41) is 3.05. The van der Waals surface area contributed by atoms with E-state index in [2.05, 4.69) is 25.3 Å². The molecule has 0 radical (unpaired) electrons. The van der Waals surface area contributed by atoms with Crippen LogP contribution in [0.3, 0.4) is 0 Å². The Bertz CT molecular complexity index is 1010. The first-order chi connectivity index (χ1) is 14.6. The number of aromatic nitrogens is 4. The Kier molecular flexibility index (Phi) is 5.83. The van der Waals surface area contributed by atoms with E-state index in [0.717, 1.165) is 35.4 Å². The molecule has 3 aromatic rings. The smallest absolute Gasteiger partial charge is 0.261 e. The van der Waals surface area contributed by atoms with Crippen LogP contribution in [-0.4, -0.2) is 43.9 Å². The SMILES string of the molecule is Cc1cccc(C)c1OCC(=O)N1CCC[C@@H]1c1cncc(Nc2ncccn2)n1. The summed E-state index contributed by atoms with van der Waals surface area (Å²) in [5.41, 5.74) is 2.79. The van der Waals surface area contributed by atoms with E-state index < -0.39 is 0 Å². The van der Waals surface area contributed by atoms with Crippen LogP contribution in [-0.2, 0) is 4.79 Å². The van der Waals surface area contributed by atoms with Crippen molar-refractivity contribution in [2.24, 2.45) is 0 Å². The summed E-state index contributed by atoms with van der Waals surface area (Å²) in [7, 11) is 0. The van der Waals surface area contributed by atoms with Crippen LogP contribution in [0.15, 0.2) is 49.1 Å². The van der Waals surface area contributed by atoms with E-state index in [-0.39, 0.29) is 18.6 Å². The molecule has 1 aliphatic rings. The number of nitrogens with zero attached hydrogens (tertiary/aromatic N) is 5. The third-order valence-electron chi connectivity index (χ3n) is 5.12. The van der Waals surface area contributed by atoms with Crippen LogP contribution in [0, 0.1) is 13.8 Å². The van der Waals surface area contributed by atoms with Crippen molar-refractivity contribution >= 4 is 17.7 Å². The number of nitrogens with one attached hydrogen (secondary N) is 1. The summed E-state index contributed by atoms with van der Waals surface area (Å²) in [5.74, 6) is 1.72. The highest BCUT2D eigenvalue weighted by molar-refractivity contribution is 5.78. The van der Waals surface area contributed by atoms with Crippen molar-refractivity contribution in [3.8, 4) is 5.75 Å². The van der Waals surface area contributed by atoms with Gasteiger partial charge in [0, 0.05) is 18.9 Å². The Morgan fingerprint density at radius 3 is 2.70 bits per heavy atom. The minimum absolute atomic E-state index is 0.00537. The molecule has 8 heteroatoms. The zero-order valence-corrected chi connectivity index (χ0v) is 17.1. The standard InChI is InChI=1S/C22H24N6O2/c1-15-6-3-7-16(2)21(15)30-14-20(29)28-11-4-8-18(28)17-12-23-13-19(26-17)27-22-24-9-5-10-25-22/h3,5-7,9-10,12-13,18H,4,8,11,14H2,1-2H3,(H,24,25,26,27)/t18-/m1/s1. The summed E-state index contributed by atoms with van der Waals surface area (Å²) >= 11 is 0. The predicted octanol–water partition coefficient (Wildman–Crippen LogP) is 3.37. The Morgan fingerprint density at radius 1 is 1.17 bits per heavy atom. The second-order valence-electron chi connectivity index (χ2n) is 7.28. The number of hydrogen-bond donors (Lipinski definition) is 1. The van der Waals surface area contributed by atoms with Gasteiger partial charge in [0.25, 0.3) is 5.91 Å². The van der Waals surface area contributed by atoms with E-state index in [0.29, 0.717) is 18.3 Å². The van der Waals surface area contributed by atoms with Crippen molar-refractivity contribution in [1.29, 1.82) is 0 Å². The van der Waals surface area contributed by atoms with Gasteiger partial charge in [-0.25, -0.2) is 15.0 Å². The molecule has 154 valence electrons. The topological polar surface area (TPSA) is 93.1 Å². The number of aryl methyl sites for hydroxylation is 2. The van der Waals surface area contributed by atoms with E-state index in [1.54, 1.807) is 30.9 Å². The third-order valence-corrected chi connectivity index (χ3v) is 5.12. The molecule has 1 amide bonds. The number of ether oxygens (including phenoxy) is 1. The lowest BCUT2D eigenvalue weighted by molar-refractivity contribution is -0.134. The minimum Gasteiger partial charge on any atom is -0.483 e. The molecular formula is C22H24N6O2. The summed E-state index contributed by atoms with van der Waals surface area (Å²) in [6.45, 7) is 4.65. The molecular weight excluding hydrogens is 380 g/mol. The molecule has 0 aliphatic carbocycles. The maximum atomic E-state index is 12.9. The number of rotatable bonds is 6. The maximum Gasteiger partial charge on any atom is 0.261 e. The predicted molar refractivity (Wildman–Crippen MR) is 112 cm³/mol. The number of para-hydroxylation sites is 1. The summed E-state index contributed by atoms with van der Waals surface area (Å²) in [4.78, 5) is 32.0. The van der Waals surface area contributed by atoms with Gasteiger partial charge in [-0.15, -0.1) is 0 Å². The first kappa shape index (κ1) is 19.8. The van der Waals surface area contributed by atoms with Crippen LogP contribution in [0.25, 0.3) is 0 Å². The van der Waals surface area contributed by atoms with Gasteiger partial charge in [0.2, 0.25) is 5.95 Å². The van der Waals surface area contributed by atoms with Crippen molar-refractivity contribution in [1.82, 2.24) is 24.8 Å². The highest BCUT2D eigenvalue weighted by Crippen LogP contribution is 2.31. The molecule has 1 N–H and O–H groups in total. The number of amides is 1. The second kappa shape index (κ2) is 8.86. The Balaban J connectivity index is 1.45. The van der Waals surface area contributed by atoms with Gasteiger partial charge in [0.1, 0.15) is 5.75 Å². The molecule has 0 bridgehead atoms. The number of carbonyl (C=O) groups excluding carboxylic acids is 1. The quantitative estimate of drug-likeness (QED) is 0.673. The largest absolute Gasteiger partial charge is 0.483 e. The number of likely N-dealkylation sites (tertiary alicyclic amines) is 1. The van der Waals surface area contributed by atoms with Crippen LogP contribution >= 0.6 is 0 Å². The summed E-state index contributed by atoms with van der Waals surface area (Å²) < 4.78 is 5.87. The van der Waals surface area contributed by atoms with Crippen LogP contribution in [0.4, 0.5) is 11.8 Å². The van der Waals surface area contributed by atoms with Crippen molar-refractivity contribution in [2.75, 3.05) is 18.5 Å². The number of hydrogen-bond acceptors (Lipinski definition) is 7. The minimum atomic E-state index is -0.120. The van der Waals surface area contributed by atoms with Gasteiger partial charge in [0.05, 0.1) is 24.1 Å². The molecule has 4 rings (SSSR count). The Morgan fingerprint density at radius 2 is 1.93 bits per heavy atom. The first-order valence-electron chi connectivity index (χ1n) is 9.96. The van der Waals surface area contributed by atoms with Crippen LogP contribution in [0.5, 0.6) is 5.75 Å². The van der Waals surface area contributed by atoms with E-state index in [9.17, 15) is 4.79 Å². The fourth-order valence-corrected chi connectivity index (χ4v) is 3.70. The number of benzene rings is 1. The maximum absolute atomic E-state index is 12.9. The number of anilines is 2. The van der Waals surface area contributed by atoms with Crippen molar-refractivity contribution in [3.05, 3.63) is 65.9 Å². The molecule has 0 unspecified atom stereocenters. The van der Waals surface area contributed by atoms with E-state index in [1.807, 2.05) is 36.9 Å². The summed E-state index contributed by atoms with van der Waals surface area (Å²) in [6.07, 6.45) is 8.39. The zero-order chi connectivity index (χ0) is 20.9. The molecule has 0 spiro atoms. The monoisotopic (exact) mass is 404 g/mol. The van der Waals surface area contributed by atoms with Gasteiger partial charge in [-0.1, -0.05) is 18.2 Å². The fourth-order valence-electron chi connectivity index (χ4n) is 3.70. The normalized spacial score (nSPS) is 15.8. The van der Waals surface area contributed by atoms with Gasteiger partial charge in [-0.05, 0) is 43.9 Å². The lowest BCUT2D eigenvalue weighted by atomic mass is 10.1. The fraction of sp³-hybridized carbons (Fsp3) is 0.318. The highest BCUT2D eigenvalue weighted by atomic mass is 16.5. The first-order valence-corrected chi connectivity index (χ1v) is 9.96. The van der Waals surface area contributed by atoms with Gasteiger partial charge < -0.3 is 15.0 Å². The third kappa shape index (κ3) is 4.37.